The molecule has 1 amide bonds. The largest absolute Gasteiger partial charge is 0.497 e. The number of nitrogens with one attached hydrogen (secondary N) is 1. The minimum atomic E-state index is -0.370. The summed E-state index contributed by atoms with van der Waals surface area (Å²) in [7, 11) is 1.60. The molecule has 0 aliphatic rings. The van der Waals surface area contributed by atoms with Gasteiger partial charge in [-0.1, -0.05) is 62.7 Å². The Morgan fingerprint density at radius 1 is 1.04 bits per heavy atom. The molecular formula is C22H27NO4. The van der Waals surface area contributed by atoms with E-state index in [1.54, 1.807) is 7.11 Å². The molecule has 2 atom stereocenters. The van der Waals surface area contributed by atoms with Gasteiger partial charge in [0.25, 0.3) is 5.91 Å². The number of hydrogen-bond acceptors (Lipinski definition) is 4. The second kappa shape index (κ2) is 10.4. The smallest absolute Gasteiger partial charge is 0.314 e. The number of amides is 1. The van der Waals surface area contributed by atoms with E-state index in [0.29, 0.717) is 6.54 Å². The maximum absolute atomic E-state index is 12.6. The Balaban J connectivity index is 1.87. The fourth-order valence-electron chi connectivity index (χ4n) is 2.81. The molecule has 0 bridgehead atoms. The van der Waals surface area contributed by atoms with Crippen molar-refractivity contribution < 1.29 is 19.1 Å². The predicted molar refractivity (Wildman–Crippen MR) is 104 cm³/mol. The zero-order valence-electron chi connectivity index (χ0n) is 16.1. The summed E-state index contributed by atoms with van der Waals surface area (Å²) in [4.78, 5) is 24.6. The van der Waals surface area contributed by atoms with Crippen LogP contribution >= 0.6 is 0 Å². The van der Waals surface area contributed by atoms with Crippen molar-refractivity contribution >= 4 is 11.9 Å². The fourth-order valence-corrected chi connectivity index (χ4v) is 2.81. The van der Waals surface area contributed by atoms with Gasteiger partial charge < -0.3 is 14.8 Å². The van der Waals surface area contributed by atoms with E-state index in [4.69, 9.17) is 9.47 Å². The highest BCUT2D eigenvalue weighted by atomic mass is 16.5. The Labute approximate surface area is 160 Å². The van der Waals surface area contributed by atoms with Crippen LogP contribution in [0.15, 0.2) is 54.6 Å². The van der Waals surface area contributed by atoms with Crippen molar-refractivity contribution in [2.24, 2.45) is 5.92 Å². The van der Waals surface area contributed by atoms with Crippen molar-refractivity contribution in [1.82, 2.24) is 5.32 Å². The van der Waals surface area contributed by atoms with E-state index in [2.05, 4.69) is 5.32 Å². The summed E-state index contributed by atoms with van der Waals surface area (Å²) < 4.78 is 10.4. The zero-order chi connectivity index (χ0) is 19.6. The highest BCUT2D eigenvalue weighted by molar-refractivity contribution is 5.83. The minimum absolute atomic E-state index is 0.127. The molecule has 0 saturated carbocycles. The van der Waals surface area contributed by atoms with Gasteiger partial charge in [0.15, 0.2) is 6.61 Å². The van der Waals surface area contributed by atoms with Crippen molar-refractivity contribution in [3.63, 3.8) is 0 Å². The molecule has 0 aliphatic heterocycles. The number of hydrogen-bond donors (Lipinski definition) is 1. The van der Waals surface area contributed by atoms with Gasteiger partial charge in [-0.15, -0.1) is 0 Å². The summed E-state index contributed by atoms with van der Waals surface area (Å²) >= 11 is 0. The summed E-state index contributed by atoms with van der Waals surface area (Å²) in [5, 5.41) is 2.76. The SMILES string of the molecule is CC[C@@H](C)[C@@H](C(=O)OCC(=O)NCc1ccc(OC)cc1)c1ccccc1. The lowest BCUT2D eigenvalue weighted by Gasteiger charge is -2.21. The molecule has 0 saturated heterocycles. The number of benzene rings is 2. The Hall–Kier alpha value is -2.82. The van der Waals surface area contributed by atoms with Gasteiger partial charge in [-0.25, -0.2) is 0 Å². The maximum atomic E-state index is 12.6. The first-order valence-electron chi connectivity index (χ1n) is 9.16. The van der Waals surface area contributed by atoms with E-state index in [1.165, 1.54) is 0 Å². The number of methoxy groups -OCH3 is 1. The molecule has 0 spiro atoms. The molecule has 2 aromatic rings. The van der Waals surface area contributed by atoms with Crippen LogP contribution in [0, 0.1) is 5.92 Å². The van der Waals surface area contributed by atoms with E-state index in [9.17, 15) is 9.59 Å². The summed E-state index contributed by atoms with van der Waals surface area (Å²) in [5.41, 5.74) is 1.85. The second-order valence-electron chi connectivity index (χ2n) is 6.51. The Kier molecular flexibility index (Phi) is 7.86. The number of rotatable bonds is 9. The molecule has 0 fully saturated rings. The zero-order valence-corrected chi connectivity index (χ0v) is 16.1. The standard InChI is InChI=1S/C22H27NO4/c1-4-16(2)21(18-8-6-5-7-9-18)22(25)27-15-20(24)23-14-17-10-12-19(26-3)13-11-17/h5-13,16,21H,4,14-15H2,1-3H3,(H,23,24)/t16-,21-/m1/s1. The van der Waals surface area contributed by atoms with Gasteiger partial charge in [0.1, 0.15) is 5.75 Å². The molecule has 0 heterocycles. The molecule has 2 aromatic carbocycles. The summed E-state index contributed by atoms with van der Waals surface area (Å²) in [5.74, 6) is -0.172. The van der Waals surface area contributed by atoms with Crippen LogP contribution in [0.3, 0.4) is 0 Å². The third-order valence-corrected chi connectivity index (χ3v) is 4.62. The van der Waals surface area contributed by atoms with Crippen molar-refractivity contribution in [2.75, 3.05) is 13.7 Å². The third kappa shape index (κ3) is 6.13. The molecule has 1 N–H and O–H groups in total. The van der Waals surface area contributed by atoms with Gasteiger partial charge in [-0.3, -0.25) is 9.59 Å². The van der Waals surface area contributed by atoms with Crippen molar-refractivity contribution in [3.05, 3.63) is 65.7 Å². The molecule has 0 unspecified atom stereocenters. The topological polar surface area (TPSA) is 64.6 Å². The monoisotopic (exact) mass is 369 g/mol. The van der Waals surface area contributed by atoms with Crippen LogP contribution in [-0.4, -0.2) is 25.6 Å². The first-order chi connectivity index (χ1) is 13.0. The normalized spacial score (nSPS) is 12.7. The van der Waals surface area contributed by atoms with Crippen LogP contribution in [-0.2, 0) is 20.9 Å². The summed E-state index contributed by atoms with van der Waals surface area (Å²) in [6.45, 7) is 4.14. The van der Waals surface area contributed by atoms with Crippen LogP contribution in [0.25, 0.3) is 0 Å². The third-order valence-electron chi connectivity index (χ3n) is 4.62. The van der Waals surface area contributed by atoms with Crippen molar-refractivity contribution in [2.45, 2.75) is 32.7 Å². The first-order valence-corrected chi connectivity index (χ1v) is 9.16. The lowest BCUT2D eigenvalue weighted by molar-refractivity contribution is -0.151. The van der Waals surface area contributed by atoms with Gasteiger partial charge in [0.2, 0.25) is 0 Å². The van der Waals surface area contributed by atoms with E-state index >= 15 is 0 Å². The Morgan fingerprint density at radius 3 is 2.30 bits per heavy atom. The van der Waals surface area contributed by atoms with E-state index in [1.807, 2.05) is 68.4 Å². The van der Waals surface area contributed by atoms with Crippen LogP contribution < -0.4 is 10.1 Å². The average Bonchev–Trinajstić information content (AvgIpc) is 2.71. The molecular weight excluding hydrogens is 342 g/mol. The highest BCUT2D eigenvalue weighted by Crippen LogP contribution is 2.28. The predicted octanol–water partition coefficient (Wildman–Crippen LogP) is 3.68. The average molecular weight is 369 g/mol. The van der Waals surface area contributed by atoms with E-state index in [-0.39, 0.29) is 30.3 Å². The van der Waals surface area contributed by atoms with Crippen LogP contribution in [0.2, 0.25) is 0 Å². The van der Waals surface area contributed by atoms with E-state index < -0.39 is 0 Å². The van der Waals surface area contributed by atoms with Crippen molar-refractivity contribution in [1.29, 1.82) is 0 Å². The summed E-state index contributed by atoms with van der Waals surface area (Å²) in [6.07, 6.45) is 0.846. The van der Waals surface area contributed by atoms with Gasteiger partial charge >= 0.3 is 5.97 Å². The number of ether oxygens (including phenoxy) is 2. The molecule has 144 valence electrons. The lowest BCUT2D eigenvalue weighted by Crippen LogP contribution is -2.30. The van der Waals surface area contributed by atoms with Crippen LogP contribution in [0.4, 0.5) is 0 Å². The molecule has 27 heavy (non-hydrogen) atoms. The van der Waals surface area contributed by atoms with Gasteiger partial charge in [0, 0.05) is 6.54 Å². The molecule has 0 radical (unpaired) electrons. The van der Waals surface area contributed by atoms with Gasteiger partial charge in [-0.2, -0.15) is 0 Å². The molecule has 2 rings (SSSR count). The van der Waals surface area contributed by atoms with E-state index in [0.717, 1.165) is 23.3 Å². The van der Waals surface area contributed by atoms with Gasteiger partial charge in [0.05, 0.1) is 13.0 Å². The van der Waals surface area contributed by atoms with Crippen LogP contribution in [0.5, 0.6) is 5.75 Å². The fraction of sp³-hybridized carbons (Fsp3) is 0.364. The molecule has 0 aromatic heterocycles. The quantitative estimate of drug-likeness (QED) is 0.685. The Morgan fingerprint density at radius 2 is 1.70 bits per heavy atom. The Bertz CT molecular complexity index is 728. The van der Waals surface area contributed by atoms with Crippen molar-refractivity contribution in [3.8, 4) is 5.75 Å². The number of carbonyl (C=O) groups is 2. The lowest BCUT2D eigenvalue weighted by atomic mass is 9.86. The second-order valence-corrected chi connectivity index (χ2v) is 6.51. The van der Waals surface area contributed by atoms with Gasteiger partial charge in [-0.05, 0) is 29.2 Å². The number of carbonyl (C=O) groups excluding carboxylic acids is 2. The first kappa shape index (κ1) is 20.5. The molecule has 5 nitrogen and oxygen atoms in total. The van der Waals surface area contributed by atoms with Crippen LogP contribution in [0.1, 0.15) is 37.3 Å². The summed E-state index contributed by atoms with van der Waals surface area (Å²) in [6, 6.07) is 17.0. The number of esters is 1. The minimum Gasteiger partial charge on any atom is -0.497 e. The molecule has 5 heteroatoms. The molecule has 0 aliphatic carbocycles. The maximum Gasteiger partial charge on any atom is 0.314 e. The highest BCUT2D eigenvalue weighted by Gasteiger charge is 2.27.